The first kappa shape index (κ1) is 24.1. The molecule has 0 saturated heterocycles. The molecule has 0 spiro atoms. The first-order valence-corrected chi connectivity index (χ1v) is 10.9. The maximum Gasteiger partial charge on any atom is 0.119 e. The van der Waals surface area contributed by atoms with Gasteiger partial charge in [-0.15, -0.1) is 0 Å². The Morgan fingerprint density at radius 1 is 0.667 bits per heavy atom. The van der Waals surface area contributed by atoms with Crippen molar-refractivity contribution in [2.24, 2.45) is 11.8 Å². The van der Waals surface area contributed by atoms with Crippen LogP contribution >= 0.6 is 0 Å². The predicted molar refractivity (Wildman–Crippen MR) is 123 cm³/mol. The third kappa shape index (κ3) is 7.91. The summed E-state index contributed by atoms with van der Waals surface area (Å²) in [7, 11) is 3.37. The van der Waals surface area contributed by atoms with Gasteiger partial charge in [0.15, 0.2) is 0 Å². The Morgan fingerprint density at radius 3 is 1.70 bits per heavy atom. The maximum atomic E-state index is 6.27. The smallest absolute Gasteiger partial charge is 0.119 e. The Kier molecular flexibility index (Phi) is 10.0. The zero-order valence-electron chi connectivity index (χ0n) is 19.4. The van der Waals surface area contributed by atoms with E-state index in [1.807, 2.05) is 24.3 Å². The normalized spacial score (nSPS) is 13.3. The molecule has 166 valence electrons. The van der Waals surface area contributed by atoms with Crippen molar-refractivity contribution in [2.45, 2.75) is 52.6 Å². The minimum atomic E-state index is 0.190. The molecule has 2 aromatic carbocycles. The summed E-state index contributed by atoms with van der Waals surface area (Å²) in [6.45, 7) is 10.1. The molecule has 2 rings (SSSR count). The minimum Gasteiger partial charge on any atom is -0.497 e. The summed E-state index contributed by atoms with van der Waals surface area (Å²) in [5.41, 5.74) is 1.35. The van der Waals surface area contributed by atoms with E-state index < -0.39 is 0 Å². The lowest BCUT2D eigenvalue weighted by atomic mass is 9.84. The lowest BCUT2D eigenvalue weighted by molar-refractivity contribution is -0.00268. The second-order valence-corrected chi connectivity index (χ2v) is 8.51. The first-order valence-electron chi connectivity index (χ1n) is 10.9. The van der Waals surface area contributed by atoms with Gasteiger partial charge in [0.25, 0.3) is 0 Å². The van der Waals surface area contributed by atoms with Gasteiger partial charge in [-0.1, -0.05) is 39.8 Å². The van der Waals surface area contributed by atoms with Crippen LogP contribution in [0, 0.1) is 11.8 Å². The molecule has 0 heterocycles. The van der Waals surface area contributed by atoms with E-state index in [1.165, 1.54) is 5.56 Å². The van der Waals surface area contributed by atoms with Gasteiger partial charge in [-0.2, -0.15) is 0 Å². The summed E-state index contributed by atoms with van der Waals surface area (Å²) in [6.07, 6.45) is 2.33. The van der Waals surface area contributed by atoms with Crippen LogP contribution in [0.2, 0.25) is 0 Å². The van der Waals surface area contributed by atoms with Crippen molar-refractivity contribution in [3.8, 4) is 17.2 Å². The number of hydrogen-bond donors (Lipinski definition) is 0. The average Bonchev–Trinajstić information content (AvgIpc) is 2.75. The second kappa shape index (κ2) is 12.5. The highest BCUT2D eigenvalue weighted by Crippen LogP contribution is 2.32. The van der Waals surface area contributed by atoms with Crippen molar-refractivity contribution in [3.63, 3.8) is 0 Å². The van der Waals surface area contributed by atoms with Crippen LogP contribution < -0.4 is 14.2 Å². The van der Waals surface area contributed by atoms with Gasteiger partial charge < -0.3 is 18.9 Å². The van der Waals surface area contributed by atoms with Crippen molar-refractivity contribution in [1.29, 1.82) is 0 Å². The zero-order valence-corrected chi connectivity index (χ0v) is 19.4. The van der Waals surface area contributed by atoms with Crippen LogP contribution in [0.1, 0.15) is 52.0 Å². The van der Waals surface area contributed by atoms with E-state index in [9.17, 15) is 0 Å². The Labute approximate surface area is 182 Å². The van der Waals surface area contributed by atoms with Gasteiger partial charge in [-0.3, -0.25) is 0 Å². The van der Waals surface area contributed by atoms with Gasteiger partial charge in [0.1, 0.15) is 23.9 Å². The highest BCUT2D eigenvalue weighted by Gasteiger charge is 2.22. The SMILES string of the molecule is COc1ccc(OCCOC(CC(CC(C)C)c2ccc(OC)cc2)C(C)C)cc1. The molecule has 0 aliphatic rings. The summed E-state index contributed by atoms with van der Waals surface area (Å²) in [4.78, 5) is 0. The zero-order chi connectivity index (χ0) is 21.9. The predicted octanol–water partition coefficient (Wildman–Crippen LogP) is 6.34. The van der Waals surface area contributed by atoms with E-state index in [-0.39, 0.29) is 6.10 Å². The molecular weight excluding hydrogens is 376 g/mol. The molecule has 2 aromatic rings. The van der Waals surface area contributed by atoms with Gasteiger partial charge in [0.2, 0.25) is 0 Å². The van der Waals surface area contributed by atoms with Crippen LogP contribution in [0.5, 0.6) is 17.2 Å². The van der Waals surface area contributed by atoms with Gasteiger partial charge in [0.05, 0.1) is 26.9 Å². The Balaban J connectivity index is 1.92. The Morgan fingerprint density at radius 2 is 1.20 bits per heavy atom. The number of benzene rings is 2. The third-order valence-corrected chi connectivity index (χ3v) is 5.35. The molecule has 4 nitrogen and oxygen atoms in total. The van der Waals surface area contributed by atoms with Gasteiger partial charge in [0, 0.05) is 0 Å². The molecule has 0 fully saturated rings. The third-order valence-electron chi connectivity index (χ3n) is 5.35. The van der Waals surface area contributed by atoms with Crippen LogP contribution in [-0.4, -0.2) is 33.5 Å². The fraction of sp³-hybridized carbons (Fsp3) is 0.538. The molecule has 0 amide bonds. The van der Waals surface area contributed by atoms with E-state index in [0.717, 1.165) is 30.1 Å². The quantitative estimate of drug-likeness (QED) is 0.358. The van der Waals surface area contributed by atoms with Gasteiger partial charge in [-0.25, -0.2) is 0 Å². The molecule has 0 aromatic heterocycles. The summed E-state index contributed by atoms with van der Waals surface area (Å²) < 4.78 is 22.6. The van der Waals surface area contributed by atoms with E-state index in [2.05, 4.69) is 52.0 Å². The second-order valence-electron chi connectivity index (χ2n) is 8.51. The maximum absolute atomic E-state index is 6.27. The fourth-order valence-corrected chi connectivity index (χ4v) is 3.66. The molecular formula is C26H38O4. The largest absolute Gasteiger partial charge is 0.497 e. The van der Waals surface area contributed by atoms with Crippen LogP contribution in [0.4, 0.5) is 0 Å². The number of hydrogen-bond acceptors (Lipinski definition) is 4. The molecule has 4 heteroatoms. The number of methoxy groups -OCH3 is 2. The lowest BCUT2D eigenvalue weighted by Crippen LogP contribution is -2.25. The fourth-order valence-electron chi connectivity index (χ4n) is 3.66. The molecule has 0 bridgehead atoms. The van der Waals surface area contributed by atoms with Crippen LogP contribution in [-0.2, 0) is 4.74 Å². The molecule has 30 heavy (non-hydrogen) atoms. The number of ether oxygens (including phenoxy) is 4. The van der Waals surface area contributed by atoms with E-state index in [4.69, 9.17) is 18.9 Å². The molecule has 0 saturated carbocycles. The average molecular weight is 415 g/mol. The van der Waals surface area contributed by atoms with Crippen molar-refractivity contribution >= 4 is 0 Å². The topological polar surface area (TPSA) is 36.9 Å². The summed E-state index contributed by atoms with van der Waals surface area (Å²) in [5.74, 6) is 4.09. The number of rotatable bonds is 13. The lowest BCUT2D eigenvalue weighted by Gasteiger charge is -2.28. The van der Waals surface area contributed by atoms with Gasteiger partial charge >= 0.3 is 0 Å². The molecule has 2 unspecified atom stereocenters. The van der Waals surface area contributed by atoms with Crippen molar-refractivity contribution in [2.75, 3.05) is 27.4 Å². The van der Waals surface area contributed by atoms with Crippen LogP contribution in [0.15, 0.2) is 48.5 Å². The van der Waals surface area contributed by atoms with E-state index in [0.29, 0.717) is 31.0 Å². The molecule has 2 atom stereocenters. The summed E-state index contributed by atoms with van der Waals surface area (Å²) >= 11 is 0. The van der Waals surface area contributed by atoms with E-state index in [1.54, 1.807) is 14.2 Å². The van der Waals surface area contributed by atoms with Crippen molar-refractivity contribution in [1.82, 2.24) is 0 Å². The van der Waals surface area contributed by atoms with Crippen LogP contribution in [0.25, 0.3) is 0 Å². The monoisotopic (exact) mass is 414 g/mol. The van der Waals surface area contributed by atoms with E-state index >= 15 is 0 Å². The molecule has 0 radical (unpaired) electrons. The summed E-state index contributed by atoms with van der Waals surface area (Å²) in [5, 5.41) is 0. The Bertz CT molecular complexity index is 707. The van der Waals surface area contributed by atoms with Crippen molar-refractivity contribution < 1.29 is 18.9 Å². The highest BCUT2D eigenvalue weighted by atomic mass is 16.5. The molecule has 0 N–H and O–H groups in total. The minimum absolute atomic E-state index is 0.190. The van der Waals surface area contributed by atoms with Crippen molar-refractivity contribution in [3.05, 3.63) is 54.1 Å². The Hall–Kier alpha value is -2.20. The molecule has 0 aliphatic heterocycles. The highest BCUT2D eigenvalue weighted by molar-refractivity contribution is 5.31. The summed E-state index contributed by atoms with van der Waals surface area (Å²) in [6, 6.07) is 16.1. The first-order chi connectivity index (χ1) is 14.4. The molecule has 0 aliphatic carbocycles. The standard InChI is InChI=1S/C26H38O4/c1-19(2)17-22(21-7-9-23(27-5)10-8-21)18-26(20(3)4)30-16-15-29-25-13-11-24(28-6)12-14-25/h7-14,19-20,22,26H,15-18H2,1-6H3. The van der Waals surface area contributed by atoms with Crippen LogP contribution in [0.3, 0.4) is 0 Å². The van der Waals surface area contributed by atoms with Gasteiger partial charge in [-0.05, 0) is 72.6 Å².